The van der Waals surface area contributed by atoms with E-state index in [1.165, 1.54) is 0 Å². The Balaban J connectivity index is 2.33. The van der Waals surface area contributed by atoms with Gasteiger partial charge in [0.15, 0.2) is 0 Å². The number of nitrogens with zero attached hydrogens (tertiary/aromatic N) is 2. The lowest BCUT2D eigenvalue weighted by molar-refractivity contribution is -0.138. The van der Waals surface area contributed by atoms with Crippen molar-refractivity contribution in [2.45, 2.75) is 31.7 Å². The molecule has 1 aromatic rings. The number of nitrogens with two attached hydrogens (primary N) is 1. The highest BCUT2D eigenvalue weighted by Gasteiger charge is 2.27. The fraction of sp³-hybridized carbons (Fsp3) is 0.538. The van der Waals surface area contributed by atoms with E-state index in [0.29, 0.717) is 6.42 Å². The number of carboxylic acids is 1. The monoisotopic (exact) mass is 249 g/mol. The van der Waals surface area contributed by atoms with Gasteiger partial charge < -0.3 is 15.7 Å². The van der Waals surface area contributed by atoms with Crippen molar-refractivity contribution in [1.82, 2.24) is 4.98 Å². The van der Waals surface area contributed by atoms with Gasteiger partial charge in [0.2, 0.25) is 0 Å². The highest BCUT2D eigenvalue weighted by Crippen LogP contribution is 2.29. The van der Waals surface area contributed by atoms with E-state index >= 15 is 0 Å². The summed E-state index contributed by atoms with van der Waals surface area (Å²) >= 11 is 0. The Morgan fingerprint density at radius 3 is 3.06 bits per heavy atom. The van der Waals surface area contributed by atoms with Crippen LogP contribution >= 0.6 is 0 Å². The molecule has 98 valence electrons. The van der Waals surface area contributed by atoms with Gasteiger partial charge in [-0.15, -0.1) is 0 Å². The molecule has 0 bridgehead atoms. The second-order valence-corrected chi connectivity index (χ2v) is 4.71. The summed E-state index contributed by atoms with van der Waals surface area (Å²) in [4.78, 5) is 17.7. The first-order valence-electron chi connectivity index (χ1n) is 6.31. The van der Waals surface area contributed by atoms with Gasteiger partial charge in [-0.3, -0.25) is 4.79 Å². The number of hydrogen-bond donors (Lipinski definition) is 2. The van der Waals surface area contributed by atoms with E-state index in [2.05, 4.69) is 9.88 Å². The molecule has 1 aliphatic rings. The average Bonchev–Trinajstić information content (AvgIpc) is 2.77. The Morgan fingerprint density at radius 2 is 2.50 bits per heavy atom. The molecule has 5 heteroatoms. The first kappa shape index (κ1) is 12.8. The van der Waals surface area contributed by atoms with Crippen LogP contribution < -0.4 is 10.6 Å². The average molecular weight is 249 g/mol. The van der Waals surface area contributed by atoms with Gasteiger partial charge in [0.25, 0.3) is 0 Å². The topological polar surface area (TPSA) is 79.5 Å². The Hall–Kier alpha value is -1.62. The zero-order valence-corrected chi connectivity index (χ0v) is 10.5. The van der Waals surface area contributed by atoms with Crippen LogP contribution in [0, 0.1) is 0 Å². The minimum Gasteiger partial charge on any atom is -0.481 e. The van der Waals surface area contributed by atoms with Gasteiger partial charge in [-0.2, -0.15) is 0 Å². The van der Waals surface area contributed by atoms with Crippen molar-refractivity contribution in [3.63, 3.8) is 0 Å². The fourth-order valence-electron chi connectivity index (χ4n) is 2.45. The van der Waals surface area contributed by atoms with Crippen LogP contribution in [0.5, 0.6) is 0 Å². The molecule has 1 unspecified atom stereocenters. The van der Waals surface area contributed by atoms with Crippen molar-refractivity contribution < 1.29 is 9.90 Å². The highest BCUT2D eigenvalue weighted by atomic mass is 16.4. The van der Waals surface area contributed by atoms with E-state index in [1.807, 2.05) is 13.0 Å². The third-order valence-corrected chi connectivity index (χ3v) is 3.42. The lowest BCUT2D eigenvalue weighted by Gasteiger charge is -2.22. The molecule has 0 aliphatic carbocycles. The first-order valence-corrected chi connectivity index (χ1v) is 6.31. The lowest BCUT2D eigenvalue weighted by Crippen LogP contribution is -2.28. The maximum Gasteiger partial charge on any atom is 0.311 e. The summed E-state index contributed by atoms with van der Waals surface area (Å²) < 4.78 is 0. The number of hydrogen-bond acceptors (Lipinski definition) is 4. The van der Waals surface area contributed by atoms with Crippen LogP contribution in [0.3, 0.4) is 0 Å². The molecule has 5 nitrogen and oxygen atoms in total. The van der Waals surface area contributed by atoms with Gasteiger partial charge in [0, 0.05) is 30.9 Å². The third-order valence-electron chi connectivity index (χ3n) is 3.42. The summed E-state index contributed by atoms with van der Waals surface area (Å²) in [6.45, 7) is 3.48. The molecule has 18 heavy (non-hydrogen) atoms. The minimum absolute atomic E-state index is 0.157. The predicted octanol–water partition coefficient (Wildman–Crippen LogP) is 1.20. The third kappa shape index (κ3) is 2.46. The van der Waals surface area contributed by atoms with Gasteiger partial charge in [-0.05, 0) is 18.9 Å². The summed E-state index contributed by atoms with van der Waals surface area (Å²) in [6.07, 6.45) is 3.20. The molecule has 0 spiro atoms. The first-order chi connectivity index (χ1) is 8.63. The van der Waals surface area contributed by atoms with Crippen molar-refractivity contribution in [3.05, 3.63) is 23.9 Å². The number of carbonyl (C=O) groups is 1. The van der Waals surface area contributed by atoms with Gasteiger partial charge in [0.1, 0.15) is 5.82 Å². The summed E-state index contributed by atoms with van der Waals surface area (Å²) in [5, 5.41) is 9.27. The Kier molecular flexibility index (Phi) is 3.81. The predicted molar refractivity (Wildman–Crippen MR) is 69.7 cm³/mol. The maximum absolute atomic E-state index is 11.3. The smallest absolute Gasteiger partial charge is 0.311 e. The SMILES string of the molecule is CCC(C(=O)O)c1cccnc1N1CC[C@H](N)C1. The van der Waals surface area contributed by atoms with Crippen LogP contribution in [-0.4, -0.2) is 35.2 Å². The van der Waals surface area contributed by atoms with Crippen molar-refractivity contribution in [3.8, 4) is 0 Å². The van der Waals surface area contributed by atoms with E-state index in [-0.39, 0.29) is 6.04 Å². The minimum atomic E-state index is -0.796. The normalized spacial score (nSPS) is 21.0. The second kappa shape index (κ2) is 5.35. The highest BCUT2D eigenvalue weighted by molar-refractivity contribution is 5.78. The van der Waals surface area contributed by atoms with Crippen LogP contribution in [0.15, 0.2) is 18.3 Å². The molecule has 0 amide bonds. The van der Waals surface area contributed by atoms with E-state index in [0.717, 1.165) is 30.9 Å². The molecule has 1 fully saturated rings. The molecule has 2 heterocycles. The van der Waals surface area contributed by atoms with Crippen LogP contribution in [0.25, 0.3) is 0 Å². The van der Waals surface area contributed by atoms with Gasteiger partial charge in [-0.25, -0.2) is 4.98 Å². The fourth-order valence-corrected chi connectivity index (χ4v) is 2.45. The lowest BCUT2D eigenvalue weighted by atomic mass is 9.97. The Labute approximate surface area is 107 Å². The molecule has 1 aromatic heterocycles. The molecular formula is C13H19N3O2. The summed E-state index contributed by atoms with van der Waals surface area (Å²) in [5.41, 5.74) is 6.69. The van der Waals surface area contributed by atoms with Crippen molar-refractivity contribution >= 4 is 11.8 Å². The summed E-state index contributed by atoms with van der Waals surface area (Å²) in [7, 11) is 0. The number of rotatable bonds is 4. The summed E-state index contributed by atoms with van der Waals surface area (Å²) in [6, 6.07) is 3.80. The standard InChI is InChI=1S/C13H19N3O2/c1-2-10(13(17)18)11-4-3-6-15-12(11)16-7-5-9(14)8-16/h3-4,6,9-10H,2,5,7-8,14H2,1H3,(H,17,18)/t9-,10?/m0/s1. The number of aliphatic carboxylic acids is 1. The number of carboxylic acid groups (broad SMARTS) is 1. The zero-order chi connectivity index (χ0) is 13.1. The largest absolute Gasteiger partial charge is 0.481 e. The molecule has 0 radical (unpaired) electrons. The Morgan fingerprint density at radius 1 is 1.72 bits per heavy atom. The van der Waals surface area contributed by atoms with Crippen LogP contribution in [0.1, 0.15) is 31.2 Å². The van der Waals surface area contributed by atoms with E-state index < -0.39 is 11.9 Å². The zero-order valence-electron chi connectivity index (χ0n) is 10.5. The van der Waals surface area contributed by atoms with Crippen LogP contribution in [0.2, 0.25) is 0 Å². The van der Waals surface area contributed by atoms with Gasteiger partial charge in [-0.1, -0.05) is 13.0 Å². The molecule has 2 rings (SSSR count). The number of pyridine rings is 1. The van der Waals surface area contributed by atoms with Crippen molar-refractivity contribution in [1.29, 1.82) is 0 Å². The van der Waals surface area contributed by atoms with E-state index in [4.69, 9.17) is 5.73 Å². The number of anilines is 1. The number of aromatic nitrogens is 1. The molecule has 2 atom stereocenters. The Bertz CT molecular complexity index is 436. The van der Waals surface area contributed by atoms with Crippen molar-refractivity contribution in [2.24, 2.45) is 5.73 Å². The van der Waals surface area contributed by atoms with Gasteiger partial charge >= 0.3 is 5.97 Å². The summed E-state index contributed by atoms with van der Waals surface area (Å²) in [5.74, 6) is -0.513. The molecule has 0 aromatic carbocycles. The van der Waals surface area contributed by atoms with Crippen LogP contribution in [-0.2, 0) is 4.79 Å². The molecule has 0 saturated carbocycles. The maximum atomic E-state index is 11.3. The van der Waals surface area contributed by atoms with Crippen molar-refractivity contribution in [2.75, 3.05) is 18.0 Å². The molecule has 1 saturated heterocycles. The second-order valence-electron chi connectivity index (χ2n) is 4.71. The molecule has 3 N–H and O–H groups in total. The van der Waals surface area contributed by atoms with E-state index in [9.17, 15) is 9.90 Å². The quantitative estimate of drug-likeness (QED) is 0.838. The van der Waals surface area contributed by atoms with Crippen LogP contribution in [0.4, 0.5) is 5.82 Å². The van der Waals surface area contributed by atoms with Gasteiger partial charge in [0.05, 0.1) is 5.92 Å². The van der Waals surface area contributed by atoms with E-state index in [1.54, 1.807) is 12.3 Å². The molecule has 1 aliphatic heterocycles. The molecular weight excluding hydrogens is 230 g/mol.